The lowest BCUT2D eigenvalue weighted by molar-refractivity contribution is -0.121. The Kier molecular flexibility index (Phi) is 6.52. The highest BCUT2D eigenvalue weighted by atomic mass is 19.1. The largest absolute Gasteiger partial charge is 0.484 e. The van der Waals surface area contributed by atoms with Crippen molar-refractivity contribution in [1.82, 2.24) is 20.2 Å². The highest BCUT2D eigenvalue weighted by Gasteiger charge is 2.26. The van der Waals surface area contributed by atoms with E-state index < -0.39 is 6.10 Å². The monoisotopic (exact) mass is 420 g/mol. The van der Waals surface area contributed by atoms with E-state index in [1.165, 1.54) is 6.07 Å². The summed E-state index contributed by atoms with van der Waals surface area (Å²) in [7, 11) is 0. The van der Waals surface area contributed by atoms with Gasteiger partial charge in [-0.25, -0.2) is 4.39 Å². The molecule has 6 nitrogen and oxygen atoms in total. The molecule has 1 aromatic heterocycles. The molecule has 2 heterocycles. The number of hydrogen-bond donors (Lipinski definition) is 1. The summed E-state index contributed by atoms with van der Waals surface area (Å²) in [5.74, 6) is 0.396. The van der Waals surface area contributed by atoms with Gasteiger partial charge in [0.2, 0.25) is 5.91 Å². The van der Waals surface area contributed by atoms with Crippen LogP contribution in [0.2, 0.25) is 0 Å². The van der Waals surface area contributed by atoms with E-state index in [-0.39, 0.29) is 11.7 Å². The molecule has 3 aromatic rings. The van der Waals surface area contributed by atoms with E-state index in [4.69, 9.17) is 4.74 Å². The molecule has 0 bridgehead atoms. The van der Waals surface area contributed by atoms with E-state index in [2.05, 4.69) is 20.2 Å². The lowest BCUT2D eigenvalue weighted by Crippen LogP contribution is -2.33. The number of aryl methyl sites for hydroxylation is 1. The SMILES string of the molecule is Cc1cnc(CNC(=O)CCN2Cc3ccccc3OC(c3ccccc3F)C2)cn1. The number of aromatic nitrogens is 2. The number of fused-ring (bicyclic) bond motifs is 1. The Morgan fingerprint density at radius 3 is 2.77 bits per heavy atom. The number of ether oxygens (including phenoxy) is 1. The van der Waals surface area contributed by atoms with Gasteiger partial charge in [0.15, 0.2) is 0 Å². The molecule has 2 aromatic carbocycles. The average molecular weight is 420 g/mol. The second-order valence-corrected chi connectivity index (χ2v) is 7.65. The Bertz CT molecular complexity index is 1040. The van der Waals surface area contributed by atoms with Crippen LogP contribution in [-0.2, 0) is 17.9 Å². The fraction of sp³-hybridized carbons (Fsp3) is 0.292. The number of benzene rings is 2. The van der Waals surface area contributed by atoms with Gasteiger partial charge >= 0.3 is 0 Å². The van der Waals surface area contributed by atoms with Crippen molar-refractivity contribution in [2.45, 2.75) is 32.5 Å². The van der Waals surface area contributed by atoms with Crippen LogP contribution in [0.3, 0.4) is 0 Å². The molecule has 1 N–H and O–H groups in total. The van der Waals surface area contributed by atoms with Crippen LogP contribution in [0, 0.1) is 12.7 Å². The van der Waals surface area contributed by atoms with Crippen molar-refractivity contribution >= 4 is 5.91 Å². The zero-order chi connectivity index (χ0) is 21.6. The summed E-state index contributed by atoms with van der Waals surface area (Å²) in [6, 6.07) is 14.5. The Morgan fingerprint density at radius 1 is 1.16 bits per heavy atom. The van der Waals surface area contributed by atoms with E-state index >= 15 is 0 Å². The molecule has 0 saturated heterocycles. The van der Waals surface area contributed by atoms with Crippen molar-refractivity contribution in [1.29, 1.82) is 0 Å². The second-order valence-electron chi connectivity index (χ2n) is 7.65. The zero-order valence-corrected chi connectivity index (χ0v) is 17.4. The van der Waals surface area contributed by atoms with Gasteiger partial charge in [-0.3, -0.25) is 19.7 Å². The Hall–Kier alpha value is -3.32. The second kappa shape index (κ2) is 9.66. The number of nitrogens with one attached hydrogen (secondary N) is 1. The van der Waals surface area contributed by atoms with Crippen molar-refractivity contribution < 1.29 is 13.9 Å². The average Bonchev–Trinajstić information content (AvgIpc) is 2.97. The van der Waals surface area contributed by atoms with Crippen molar-refractivity contribution in [3.05, 3.63) is 89.3 Å². The highest BCUT2D eigenvalue weighted by Crippen LogP contribution is 2.32. The van der Waals surface area contributed by atoms with Crippen LogP contribution in [0.5, 0.6) is 5.75 Å². The van der Waals surface area contributed by atoms with Gasteiger partial charge in [-0.2, -0.15) is 0 Å². The number of rotatable bonds is 6. The minimum Gasteiger partial charge on any atom is -0.484 e. The van der Waals surface area contributed by atoms with E-state index in [0.717, 1.165) is 22.7 Å². The quantitative estimate of drug-likeness (QED) is 0.660. The Morgan fingerprint density at radius 2 is 1.97 bits per heavy atom. The topological polar surface area (TPSA) is 67.4 Å². The summed E-state index contributed by atoms with van der Waals surface area (Å²) in [6.07, 6.45) is 3.22. The molecule has 0 radical (unpaired) electrons. The van der Waals surface area contributed by atoms with E-state index in [1.54, 1.807) is 24.5 Å². The number of hydrogen-bond acceptors (Lipinski definition) is 5. The maximum absolute atomic E-state index is 14.4. The van der Waals surface area contributed by atoms with Crippen LogP contribution in [0.1, 0.15) is 35.0 Å². The van der Waals surface area contributed by atoms with Crippen LogP contribution in [0.15, 0.2) is 60.9 Å². The first kappa shape index (κ1) is 20.9. The fourth-order valence-electron chi connectivity index (χ4n) is 3.60. The highest BCUT2D eigenvalue weighted by molar-refractivity contribution is 5.76. The first-order valence-electron chi connectivity index (χ1n) is 10.3. The number of halogens is 1. The molecular formula is C24H25FN4O2. The molecule has 0 fully saturated rings. The van der Waals surface area contributed by atoms with Crippen molar-refractivity contribution in [3.8, 4) is 5.75 Å². The zero-order valence-electron chi connectivity index (χ0n) is 17.4. The number of para-hydroxylation sites is 1. The first-order chi connectivity index (χ1) is 15.1. The Labute approximate surface area is 181 Å². The summed E-state index contributed by atoms with van der Waals surface area (Å²) in [6.45, 7) is 3.88. The lowest BCUT2D eigenvalue weighted by atomic mass is 10.1. The molecule has 0 spiro atoms. The van der Waals surface area contributed by atoms with E-state index in [1.807, 2.05) is 37.3 Å². The van der Waals surface area contributed by atoms with Gasteiger partial charge in [0, 0.05) is 43.4 Å². The standard InChI is InChI=1S/C24H25FN4O2/c1-17-12-27-19(13-26-17)14-28-24(30)10-11-29-15-18-6-2-5-9-22(18)31-23(16-29)20-7-3-4-8-21(20)25/h2-9,12-13,23H,10-11,14-16H2,1H3,(H,28,30). The van der Waals surface area contributed by atoms with Crippen molar-refractivity contribution in [2.75, 3.05) is 13.1 Å². The van der Waals surface area contributed by atoms with Crippen LogP contribution in [-0.4, -0.2) is 33.9 Å². The predicted molar refractivity (Wildman–Crippen MR) is 115 cm³/mol. The van der Waals surface area contributed by atoms with Crippen LogP contribution < -0.4 is 10.1 Å². The number of carbonyl (C=O) groups is 1. The van der Waals surface area contributed by atoms with Gasteiger partial charge in [-0.15, -0.1) is 0 Å². The summed E-state index contributed by atoms with van der Waals surface area (Å²) in [5.41, 5.74) is 3.10. The molecular weight excluding hydrogens is 395 g/mol. The lowest BCUT2D eigenvalue weighted by Gasteiger charge is -2.24. The maximum Gasteiger partial charge on any atom is 0.221 e. The van der Waals surface area contributed by atoms with Crippen LogP contribution >= 0.6 is 0 Å². The summed E-state index contributed by atoms with van der Waals surface area (Å²) in [4.78, 5) is 23.0. The van der Waals surface area contributed by atoms with Gasteiger partial charge < -0.3 is 10.1 Å². The van der Waals surface area contributed by atoms with Gasteiger partial charge in [0.05, 0.1) is 24.1 Å². The van der Waals surface area contributed by atoms with Gasteiger partial charge in [-0.05, 0) is 19.1 Å². The molecule has 0 saturated carbocycles. The van der Waals surface area contributed by atoms with Crippen molar-refractivity contribution in [3.63, 3.8) is 0 Å². The molecule has 1 amide bonds. The van der Waals surface area contributed by atoms with E-state index in [0.29, 0.717) is 38.2 Å². The summed E-state index contributed by atoms with van der Waals surface area (Å²) < 4.78 is 20.6. The molecule has 1 atom stereocenters. The maximum atomic E-state index is 14.4. The summed E-state index contributed by atoms with van der Waals surface area (Å²) in [5, 5.41) is 2.89. The molecule has 1 unspecified atom stereocenters. The van der Waals surface area contributed by atoms with Crippen LogP contribution in [0.4, 0.5) is 4.39 Å². The normalized spacial score (nSPS) is 16.1. The van der Waals surface area contributed by atoms with Crippen LogP contribution in [0.25, 0.3) is 0 Å². The third kappa shape index (κ3) is 5.44. The molecule has 7 heteroatoms. The van der Waals surface area contributed by atoms with Gasteiger partial charge in [0.1, 0.15) is 17.7 Å². The van der Waals surface area contributed by atoms with E-state index in [9.17, 15) is 9.18 Å². The summed E-state index contributed by atoms with van der Waals surface area (Å²) >= 11 is 0. The van der Waals surface area contributed by atoms with Gasteiger partial charge in [0.25, 0.3) is 0 Å². The molecule has 160 valence electrons. The molecule has 31 heavy (non-hydrogen) atoms. The van der Waals surface area contributed by atoms with Gasteiger partial charge in [-0.1, -0.05) is 36.4 Å². The number of carbonyl (C=O) groups excluding carboxylic acids is 1. The molecule has 4 rings (SSSR count). The Balaban J connectivity index is 1.41. The molecule has 1 aliphatic heterocycles. The smallest absolute Gasteiger partial charge is 0.221 e. The molecule has 0 aliphatic carbocycles. The number of nitrogens with zero attached hydrogens (tertiary/aromatic N) is 3. The fourth-order valence-corrected chi connectivity index (χ4v) is 3.60. The first-order valence-corrected chi connectivity index (χ1v) is 10.3. The minimum atomic E-state index is -0.448. The third-order valence-corrected chi connectivity index (χ3v) is 5.27. The minimum absolute atomic E-state index is 0.0664. The van der Waals surface area contributed by atoms with Crippen molar-refractivity contribution in [2.24, 2.45) is 0 Å². The number of amides is 1. The molecule has 1 aliphatic rings. The predicted octanol–water partition coefficient (Wildman–Crippen LogP) is 3.57. The third-order valence-electron chi connectivity index (χ3n) is 5.27.